The molecule has 0 radical (unpaired) electrons. The Balaban J connectivity index is 1.19. The van der Waals surface area contributed by atoms with E-state index < -0.39 is 0 Å². The molecule has 0 aliphatic carbocycles. The second kappa shape index (κ2) is 14.7. The van der Waals surface area contributed by atoms with Crippen LogP contribution < -0.4 is 0 Å². The van der Waals surface area contributed by atoms with Crippen LogP contribution >= 0.6 is 0 Å². The Morgan fingerprint density at radius 3 is 1.11 bits per heavy atom. The number of para-hydroxylation sites is 1. The first-order valence-electron chi connectivity index (χ1n) is 20.9. The van der Waals surface area contributed by atoms with Gasteiger partial charge in [0.15, 0.2) is 11.6 Å². The van der Waals surface area contributed by atoms with Gasteiger partial charge in [-0.3, -0.25) is 4.57 Å². The average molecular weight is 792 g/mol. The van der Waals surface area contributed by atoms with E-state index in [0.717, 1.165) is 77.3 Å². The number of nitrogens with zero attached hydrogens (tertiary/aromatic N) is 5. The summed E-state index contributed by atoms with van der Waals surface area (Å²) in [5.41, 5.74) is 14.1. The normalized spacial score (nSPS) is 11.5. The van der Waals surface area contributed by atoms with E-state index in [0.29, 0.717) is 17.6 Å². The van der Waals surface area contributed by atoms with Crippen LogP contribution in [0.15, 0.2) is 224 Å². The first-order chi connectivity index (χ1) is 30.7. The topological polar surface area (TPSA) is 48.5 Å². The molecule has 0 bridgehead atoms. The highest BCUT2D eigenvalue weighted by Gasteiger charge is 2.24. The van der Waals surface area contributed by atoms with Crippen LogP contribution in [0.4, 0.5) is 0 Å². The third-order valence-corrected chi connectivity index (χ3v) is 12.0. The van der Waals surface area contributed by atoms with E-state index in [2.05, 4.69) is 209 Å². The Morgan fingerprint density at radius 1 is 0.258 bits per heavy atom. The Labute approximate surface area is 358 Å². The molecule has 3 aromatic heterocycles. The van der Waals surface area contributed by atoms with Crippen LogP contribution in [0.5, 0.6) is 0 Å². The predicted molar refractivity (Wildman–Crippen MR) is 256 cm³/mol. The zero-order valence-electron chi connectivity index (χ0n) is 33.6. The lowest BCUT2D eigenvalue weighted by Crippen LogP contribution is -2.07. The van der Waals surface area contributed by atoms with Crippen LogP contribution in [0.25, 0.3) is 111 Å². The quantitative estimate of drug-likeness (QED) is 0.162. The molecular weight excluding hydrogens is 755 g/mol. The molecule has 12 aromatic rings. The van der Waals surface area contributed by atoms with Crippen molar-refractivity contribution < 1.29 is 0 Å². The van der Waals surface area contributed by atoms with E-state index in [4.69, 9.17) is 15.0 Å². The van der Waals surface area contributed by atoms with E-state index in [1.807, 2.05) is 24.3 Å². The smallest absolute Gasteiger partial charge is 0.238 e. The molecule has 0 aliphatic rings. The lowest BCUT2D eigenvalue weighted by molar-refractivity contribution is 0.953. The Hall–Kier alpha value is -8.41. The van der Waals surface area contributed by atoms with Gasteiger partial charge in [0.25, 0.3) is 0 Å². The van der Waals surface area contributed by atoms with Gasteiger partial charge in [-0.15, -0.1) is 0 Å². The number of hydrogen-bond acceptors (Lipinski definition) is 3. The Morgan fingerprint density at radius 2 is 0.613 bits per heavy atom. The summed E-state index contributed by atoms with van der Waals surface area (Å²) in [6.45, 7) is 0. The molecule has 0 fully saturated rings. The molecule has 0 atom stereocenters. The van der Waals surface area contributed by atoms with Gasteiger partial charge in [0.2, 0.25) is 5.95 Å². The molecule has 9 aromatic carbocycles. The first-order valence-corrected chi connectivity index (χ1v) is 20.9. The molecule has 3 heterocycles. The van der Waals surface area contributed by atoms with Gasteiger partial charge in [0.1, 0.15) is 0 Å². The molecule has 290 valence electrons. The van der Waals surface area contributed by atoms with Crippen molar-refractivity contribution in [3.8, 4) is 67.8 Å². The van der Waals surface area contributed by atoms with Gasteiger partial charge >= 0.3 is 0 Å². The van der Waals surface area contributed by atoms with Crippen molar-refractivity contribution in [3.05, 3.63) is 224 Å². The van der Waals surface area contributed by atoms with Crippen LogP contribution in [-0.2, 0) is 0 Å². The van der Waals surface area contributed by atoms with Crippen molar-refractivity contribution in [2.75, 3.05) is 0 Å². The molecule has 5 nitrogen and oxygen atoms in total. The van der Waals surface area contributed by atoms with Gasteiger partial charge in [0.05, 0.1) is 22.1 Å². The van der Waals surface area contributed by atoms with E-state index in [1.54, 1.807) is 0 Å². The number of fused-ring (bicyclic) bond motifs is 7. The maximum Gasteiger partial charge on any atom is 0.238 e. The second-order valence-electron chi connectivity index (χ2n) is 15.7. The van der Waals surface area contributed by atoms with Crippen LogP contribution in [0.1, 0.15) is 0 Å². The van der Waals surface area contributed by atoms with Crippen molar-refractivity contribution in [2.45, 2.75) is 0 Å². The highest BCUT2D eigenvalue weighted by molar-refractivity contribution is 6.24. The fraction of sp³-hybridized carbons (Fsp3) is 0. The van der Waals surface area contributed by atoms with Crippen LogP contribution in [-0.4, -0.2) is 24.1 Å². The van der Waals surface area contributed by atoms with Gasteiger partial charge < -0.3 is 4.57 Å². The molecule has 5 heteroatoms. The maximum absolute atomic E-state index is 5.40. The third-order valence-electron chi connectivity index (χ3n) is 12.0. The Bertz CT molecular complexity index is 3580. The molecule has 0 spiro atoms. The zero-order valence-corrected chi connectivity index (χ0v) is 33.6. The van der Waals surface area contributed by atoms with Gasteiger partial charge in [-0.1, -0.05) is 188 Å². The number of benzene rings is 9. The molecule has 62 heavy (non-hydrogen) atoms. The molecule has 0 saturated carbocycles. The van der Waals surface area contributed by atoms with E-state index in [-0.39, 0.29) is 0 Å². The fourth-order valence-electron chi connectivity index (χ4n) is 9.03. The monoisotopic (exact) mass is 791 g/mol. The minimum Gasteiger partial charge on any atom is -0.307 e. The summed E-state index contributed by atoms with van der Waals surface area (Å²) < 4.78 is 4.69. The average Bonchev–Trinajstić information content (AvgIpc) is 3.87. The first kappa shape index (κ1) is 35.5. The molecule has 0 aliphatic heterocycles. The van der Waals surface area contributed by atoms with Crippen molar-refractivity contribution in [1.29, 1.82) is 0 Å². The highest BCUT2D eigenvalue weighted by Crippen LogP contribution is 2.43. The van der Waals surface area contributed by atoms with Crippen LogP contribution in [0.3, 0.4) is 0 Å². The number of aromatic nitrogens is 5. The standard InChI is InChI=1S/C57H37N5/c1-6-16-38(17-7-1)41-26-28-43(29-27-41)56-58-55(42-22-12-4-13-23-42)59-57(60-56)62-52-35-31-45(40-20-10-3-11-21-40)37-50(52)48-33-32-47-49-36-44(39-18-8-2-9-19-39)30-34-51(49)61(53(47)54(48)62)46-24-14-5-15-25-46/h1-37H. The highest BCUT2D eigenvalue weighted by atomic mass is 15.2. The SMILES string of the molecule is c1ccc(-c2ccc(-c3nc(-c4ccccc4)nc(-n4c5ccc(-c6ccccc6)cc5c5ccc6c7cc(-c8ccccc8)ccc7n(-c7ccccc7)c6c54)n3)cc2)cc1. The molecule has 0 saturated heterocycles. The van der Waals surface area contributed by atoms with Gasteiger partial charge in [-0.2, -0.15) is 9.97 Å². The van der Waals surface area contributed by atoms with Crippen molar-refractivity contribution in [2.24, 2.45) is 0 Å². The fourth-order valence-corrected chi connectivity index (χ4v) is 9.03. The summed E-state index contributed by atoms with van der Waals surface area (Å²) in [5, 5.41) is 4.56. The molecular formula is C57H37N5. The van der Waals surface area contributed by atoms with Gasteiger partial charge in [0, 0.05) is 38.4 Å². The molecule has 0 amide bonds. The zero-order chi connectivity index (χ0) is 41.0. The minimum atomic E-state index is 0.552. The van der Waals surface area contributed by atoms with Gasteiger partial charge in [-0.05, 0) is 69.8 Å². The summed E-state index contributed by atoms with van der Waals surface area (Å²) in [4.78, 5) is 15.9. The molecule has 12 rings (SSSR count). The lowest BCUT2D eigenvalue weighted by Gasteiger charge is -2.13. The maximum atomic E-state index is 5.40. The van der Waals surface area contributed by atoms with Crippen LogP contribution in [0, 0.1) is 0 Å². The van der Waals surface area contributed by atoms with E-state index in [9.17, 15) is 0 Å². The van der Waals surface area contributed by atoms with E-state index in [1.165, 1.54) is 16.5 Å². The minimum absolute atomic E-state index is 0.552. The van der Waals surface area contributed by atoms with Gasteiger partial charge in [-0.25, -0.2) is 4.98 Å². The van der Waals surface area contributed by atoms with Crippen LogP contribution in [0.2, 0.25) is 0 Å². The van der Waals surface area contributed by atoms with E-state index >= 15 is 0 Å². The molecule has 0 N–H and O–H groups in total. The lowest BCUT2D eigenvalue weighted by atomic mass is 10.0. The largest absolute Gasteiger partial charge is 0.307 e. The molecule has 0 unspecified atom stereocenters. The van der Waals surface area contributed by atoms with Crippen molar-refractivity contribution >= 4 is 43.6 Å². The summed E-state index contributed by atoms with van der Waals surface area (Å²) in [6, 6.07) is 79.3. The summed E-state index contributed by atoms with van der Waals surface area (Å²) >= 11 is 0. The Kier molecular flexibility index (Phi) is 8.42. The second-order valence-corrected chi connectivity index (χ2v) is 15.7. The summed E-state index contributed by atoms with van der Waals surface area (Å²) in [7, 11) is 0. The summed E-state index contributed by atoms with van der Waals surface area (Å²) in [6.07, 6.45) is 0. The summed E-state index contributed by atoms with van der Waals surface area (Å²) in [5.74, 6) is 1.76. The van der Waals surface area contributed by atoms with Crippen molar-refractivity contribution in [1.82, 2.24) is 24.1 Å². The number of hydrogen-bond donors (Lipinski definition) is 0. The van der Waals surface area contributed by atoms with Crippen molar-refractivity contribution in [3.63, 3.8) is 0 Å². The third kappa shape index (κ3) is 5.98. The number of rotatable bonds is 7. The predicted octanol–water partition coefficient (Wildman–Crippen LogP) is 14.4.